The number of rotatable bonds is 0. The van der Waals surface area contributed by atoms with Crippen LogP contribution in [0.5, 0.6) is 0 Å². The first-order valence-electron chi connectivity index (χ1n) is 3.09. The van der Waals surface area contributed by atoms with Crippen molar-refractivity contribution in [3.63, 3.8) is 0 Å². The van der Waals surface area contributed by atoms with E-state index < -0.39 is 0 Å². The minimum atomic E-state index is 0.426. The van der Waals surface area contributed by atoms with Crippen molar-refractivity contribution in [2.75, 3.05) is 7.05 Å². The summed E-state index contributed by atoms with van der Waals surface area (Å²) in [7, 11) is 1.98. The second-order valence-corrected chi connectivity index (χ2v) is 2.55. The van der Waals surface area contributed by atoms with E-state index >= 15 is 0 Å². The lowest BCUT2D eigenvalue weighted by atomic mass is 10.2. The minimum absolute atomic E-state index is 0.426. The topological polar surface area (TPSA) is 12.5 Å². The predicted octanol–water partition coefficient (Wildman–Crippen LogP) is 1.03. The molecule has 2 nitrogen and oxygen atoms in total. The Hall–Kier alpha value is -0.0800. The van der Waals surface area contributed by atoms with Gasteiger partial charge in [-0.05, 0) is 20.3 Å². The van der Waals surface area contributed by atoms with E-state index in [1.807, 2.05) is 12.1 Å². The van der Waals surface area contributed by atoms with Gasteiger partial charge in [0.15, 0.2) is 0 Å². The molecule has 0 radical (unpaired) electrons. The lowest BCUT2D eigenvalue weighted by molar-refractivity contribution is -0.135. The van der Waals surface area contributed by atoms with Crippen molar-refractivity contribution in [3.05, 3.63) is 0 Å². The van der Waals surface area contributed by atoms with Gasteiger partial charge in [0.05, 0.1) is 6.10 Å². The van der Waals surface area contributed by atoms with Crippen LogP contribution in [0.15, 0.2) is 0 Å². The quantitative estimate of drug-likeness (QED) is 0.467. The molecule has 0 aromatic heterocycles. The number of hydrogen-bond acceptors (Lipinski definition) is 2. The molecule has 1 saturated heterocycles. The fourth-order valence-corrected chi connectivity index (χ4v) is 1.06. The van der Waals surface area contributed by atoms with Crippen LogP contribution in [0, 0.1) is 0 Å². The maximum Gasteiger partial charge on any atom is 0.0780 e. The van der Waals surface area contributed by atoms with Gasteiger partial charge in [-0.1, -0.05) is 0 Å². The van der Waals surface area contributed by atoms with Gasteiger partial charge in [0.25, 0.3) is 0 Å². The Morgan fingerprint density at radius 1 is 1.50 bits per heavy atom. The Kier molecular flexibility index (Phi) is 1.54. The first-order valence-corrected chi connectivity index (χ1v) is 3.09. The molecule has 1 aliphatic heterocycles. The van der Waals surface area contributed by atoms with Crippen LogP contribution in [0.25, 0.3) is 0 Å². The van der Waals surface area contributed by atoms with Crippen molar-refractivity contribution < 1.29 is 4.84 Å². The molecule has 1 heterocycles. The van der Waals surface area contributed by atoms with Gasteiger partial charge in [-0.25, -0.2) is 0 Å². The molecule has 1 fully saturated rings. The van der Waals surface area contributed by atoms with E-state index in [9.17, 15) is 0 Å². The van der Waals surface area contributed by atoms with Crippen molar-refractivity contribution in [1.82, 2.24) is 5.06 Å². The zero-order chi connectivity index (χ0) is 6.15. The van der Waals surface area contributed by atoms with Gasteiger partial charge in [-0.3, -0.25) is 4.84 Å². The van der Waals surface area contributed by atoms with E-state index in [4.69, 9.17) is 4.84 Å². The van der Waals surface area contributed by atoms with Gasteiger partial charge in [0, 0.05) is 13.1 Å². The summed E-state index contributed by atoms with van der Waals surface area (Å²) in [6.07, 6.45) is 1.59. The van der Waals surface area contributed by atoms with Crippen LogP contribution < -0.4 is 0 Å². The molecule has 8 heavy (non-hydrogen) atoms. The van der Waals surface area contributed by atoms with Crippen molar-refractivity contribution >= 4 is 0 Å². The maximum atomic E-state index is 5.31. The molecule has 1 aliphatic rings. The Morgan fingerprint density at radius 2 is 2.12 bits per heavy atom. The number of hydrogen-bond donors (Lipinski definition) is 0. The molecular formula is C6H13NO. The highest BCUT2D eigenvalue weighted by molar-refractivity contribution is 4.67. The molecule has 0 amide bonds. The molecular weight excluding hydrogens is 102 g/mol. The van der Waals surface area contributed by atoms with E-state index in [2.05, 4.69) is 13.8 Å². The second-order valence-electron chi connectivity index (χ2n) is 2.55. The van der Waals surface area contributed by atoms with Crippen molar-refractivity contribution in [2.45, 2.75) is 32.4 Å². The molecule has 2 atom stereocenters. The number of nitrogens with zero attached hydrogens (tertiary/aromatic N) is 1. The highest BCUT2D eigenvalue weighted by Gasteiger charge is 2.23. The monoisotopic (exact) mass is 115 g/mol. The van der Waals surface area contributed by atoms with Gasteiger partial charge in [-0.15, -0.1) is 0 Å². The molecule has 0 bridgehead atoms. The molecule has 1 rings (SSSR count). The van der Waals surface area contributed by atoms with E-state index in [1.54, 1.807) is 0 Å². The summed E-state index contributed by atoms with van der Waals surface area (Å²) in [4.78, 5) is 5.31. The Labute approximate surface area is 50.4 Å². The van der Waals surface area contributed by atoms with E-state index in [0.717, 1.165) is 6.42 Å². The third-order valence-electron chi connectivity index (χ3n) is 1.64. The van der Waals surface area contributed by atoms with Crippen molar-refractivity contribution in [1.29, 1.82) is 0 Å². The fourth-order valence-electron chi connectivity index (χ4n) is 1.06. The standard InChI is InChI=1S/C6H13NO/c1-5-4-6(2)8-7(5)3/h5-6H,4H2,1-3H3. The normalized spacial score (nSPS) is 40.9. The molecule has 0 spiro atoms. The molecule has 0 saturated carbocycles. The zero-order valence-corrected chi connectivity index (χ0v) is 5.72. The van der Waals surface area contributed by atoms with Gasteiger partial charge in [0.1, 0.15) is 0 Å². The third kappa shape index (κ3) is 1.01. The van der Waals surface area contributed by atoms with Crippen LogP contribution in [0.3, 0.4) is 0 Å². The maximum absolute atomic E-state index is 5.31. The van der Waals surface area contributed by atoms with Crippen LogP contribution in [-0.4, -0.2) is 24.3 Å². The molecule has 0 N–H and O–H groups in total. The summed E-state index contributed by atoms with van der Waals surface area (Å²) in [5, 5.41) is 1.92. The Bertz CT molecular complexity index is 74.6. The van der Waals surface area contributed by atoms with Crippen LogP contribution in [0.2, 0.25) is 0 Å². The third-order valence-corrected chi connectivity index (χ3v) is 1.64. The SMILES string of the molecule is CC1CC(C)N(C)O1. The highest BCUT2D eigenvalue weighted by Crippen LogP contribution is 2.16. The average Bonchev–Trinajstić information content (AvgIpc) is 1.85. The van der Waals surface area contributed by atoms with Crippen LogP contribution in [-0.2, 0) is 4.84 Å². The lowest BCUT2D eigenvalue weighted by Crippen LogP contribution is -2.19. The largest absolute Gasteiger partial charge is 0.296 e. The first kappa shape index (κ1) is 6.05. The molecule has 2 unspecified atom stereocenters. The van der Waals surface area contributed by atoms with Gasteiger partial charge in [-0.2, -0.15) is 5.06 Å². The summed E-state index contributed by atoms with van der Waals surface area (Å²) in [6.45, 7) is 4.27. The minimum Gasteiger partial charge on any atom is -0.296 e. The molecule has 0 aromatic carbocycles. The Morgan fingerprint density at radius 3 is 2.25 bits per heavy atom. The zero-order valence-electron chi connectivity index (χ0n) is 5.72. The molecule has 48 valence electrons. The smallest absolute Gasteiger partial charge is 0.0780 e. The average molecular weight is 115 g/mol. The van der Waals surface area contributed by atoms with E-state index in [-0.39, 0.29) is 0 Å². The van der Waals surface area contributed by atoms with Crippen LogP contribution >= 0.6 is 0 Å². The van der Waals surface area contributed by atoms with Crippen LogP contribution in [0.1, 0.15) is 20.3 Å². The fraction of sp³-hybridized carbons (Fsp3) is 1.00. The van der Waals surface area contributed by atoms with Gasteiger partial charge in [0.2, 0.25) is 0 Å². The Balaban J connectivity index is 2.39. The number of hydroxylamine groups is 2. The summed E-state index contributed by atoms with van der Waals surface area (Å²) in [5.74, 6) is 0. The van der Waals surface area contributed by atoms with Crippen molar-refractivity contribution in [2.24, 2.45) is 0 Å². The molecule has 0 aromatic rings. The predicted molar refractivity (Wildman–Crippen MR) is 32.4 cm³/mol. The summed E-state index contributed by atoms with van der Waals surface area (Å²) >= 11 is 0. The summed E-state index contributed by atoms with van der Waals surface area (Å²) in [5.41, 5.74) is 0. The van der Waals surface area contributed by atoms with E-state index in [0.29, 0.717) is 12.1 Å². The van der Waals surface area contributed by atoms with Crippen LogP contribution in [0.4, 0.5) is 0 Å². The first-order chi connectivity index (χ1) is 3.70. The summed E-state index contributed by atoms with van der Waals surface area (Å²) < 4.78 is 0. The van der Waals surface area contributed by atoms with Gasteiger partial charge < -0.3 is 0 Å². The van der Waals surface area contributed by atoms with E-state index in [1.165, 1.54) is 0 Å². The van der Waals surface area contributed by atoms with Gasteiger partial charge >= 0.3 is 0 Å². The van der Waals surface area contributed by atoms with Crippen molar-refractivity contribution in [3.8, 4) is 0 Å². The molecule has 2 heteroatoms. The molecule has 0 aliphatic carbocycles. The second kappa shape index (κ2) is 2.03. The lowest BCUT2D eigenvalue weighted by Gasteiger charge is -2.11. The summed E-state index contributed by atoms with van der Waals surface area (Å²) in [6, 6.07) is 0.602. The highest BCUT2D eigenvalue weighted by atomic mass is 16.7.